The van der Waals surface area contributed by atoms with Crippen LogP contribution in [-0.4, -0.2) is 18.4 Å². The Kier molecular flexibility index (Phi) is 5.09. The fourth-order valence-electron chi connectivity index (χ4n) is 3.09. The Bertz CT molecular complexity index is 789. The van der Waals surface area contributed by atoms with Gasteiger partial charge < -0.3 is 10.2 Å². The van der Waals surface area contributed by atoms with Gasteiger partial charge in [-0.1, -0.05) is 47.5 Å². The number of carbonyl (C=O) groups is 2. The number of carbonyl (C=O) groups excluding carboxylic acids is 2. The molecule has 2 amide bonds. The van der Waals surface area contributed by atoms with E-state index < -0.39 is 0 Å². The van der Waals surface area contributed by atoms with Gasteiger partial charge in [-0.2, -0.15) is 0 Å². The van der Waals surface area contributed by atoms with Crippen LogP contribution in [0.5, 0.6) is 0 Å². The second kappa shape index (κ2) is 7.28. The highest BCUT2D eigenvalue weighted by Gasteiger charge is 2.35. The minimum Gasteiger partial charge on any atom is -0.349 e. The van der Waals surface area contributed by atoms with Gasteiger partial charge >= 0.3 is 0 Å². The zero-order chi connectivity index (χ0) is 18.0. The molecule has 0 spiro atoms. The minimum atomic E-state index is -0.348. The summed E-state index contributed by atoms with van der Waals surface area (Å²) in [4.78, 5) is 26.6. The maximum absolute atomic E-state index is 12.6. The highest BCUT2D eigenvalue weighted by molar-refractivity contribution is 6.31. The van der Waals surface area contributed by atoms with Gasteiger partial charge in [0.25, 0.3) is 0 Å². The molecule has 1 fully saturated rings. The highest BCUT2D eigenvalue weighted by Crippen LogP contribution is 2.27. The molecule has 2 unspecified atom stereocenters. The van der Waals surface area contributed by atoms with Gasteiger partial charge in [0, 0.05) is 23.7 Å². The van der Waals surface area contributed by atoms with Crippen LogP contribution in [0.3, 0.4) is 0 Å². The number of nitrogens with zero attached hydrogens (tertiary/aromatic N) is 1. The van der Waals surface area contributed by atoms with Crippen molar-refractivity contribution in [3.05, 3.63) is 64.7 Å². The van der Waals surface area contributed by atoms with E-state index in [4.69, 9.17) is 11.6 Å². The van der Waals surface area contributed by atoms with Crippen molar-refractivity contribution in [2.45, 2.75) is 26.3 Å². The van der Waals surface area contributed by atoms with Gasteiger partial charge in [0.2, 0.25) is 11.8 Å². The van der Waals surface area contributed by atoms with E-state index in [9.17, 15) is 9.59 Å². The summed E-state index contributed by atoms with van der Waals surface area (Å²) in [6, 6.07) is 15.0. The molecule has 130 valence electrons. The molecule has 2 atom stereocenters. The van der Waals surface area contributed by atoms with Crippen molar-refractivity contribution in [3.8, 4) is 0 Å². The van der Waals surface area contributed by atoms with Gasteiger partial charge in [-0.3, -0.25) is 9.59 Å². The molecule has 1 aliphatic heterocycles. The molecular formula is C20H21ClN2O2. The van der Waals surface area contributed by atoms with Crippen LogP contribution in [0, 0.1) is 12.8 Å². The molecule has 0 radical (unpaired) electrons. The van der Waals surface area contributed by atoms with E-state index in [0.717, 1.165) is 16.8 Å². The van der Waals surface area contributed by atoms with Gasteiger partial charge in [0.1, 0.15) is 0 Å². The normalized spacial score (nSPS) is 18.3. The fraction of sp³-hybridized carbons (Fsp3) is 0.300. The number of halogens is 1. The lowest BCUT2D eigenvalue weighted by molar-refractivity contribution is -0.126. The van der Waals surface area contributed by atoms with E-state index in [-0.39, 0.29) is 30.2 Å². The summed E-state index contributed by atoms with van der Waals surface area (Å²) in [6.45, 7) is 4.30. The Hall–Kier alpha value is -2.33. The van der Waals surface area contributed by atoms with Crippen molar-refractivity contribution in [3.63, 3.8) is 0 Å². The summed E-state index contributed by atoms with van der Waals surface area (Å²) < 4.78 is 0. The van der Waals surface area contributed by atoms with Gasteiger partial charge in [-0.05, 0) is 37.6 Å². The first-order valence-corrected chi connectivity index (χ1v) is 8.75. The Labute approximate surface area is 152 Å². The summed E-state index contributed by atoms with van der Waals surface area (Å²) >= 11 is 6.19. The van der Waals surface area contributed by atoms with E-state index in [2.05, 4.69) is 5.32 Å². The van der Waals surface area contributed by atoms with Gasteiger partial charge in [-0.25, -0.2) is 0 Å². The van der Waals surface area contributed by atoms with Crippen molar-refractivity contribution in [2.24, 2.45) is 5.92 Å². The summed E-state index contributed by atoms with van der Waals surface area (Å²) in [5.74, 6) is -0.483. The zero-order valence-electron chi connectivity index (χ0n) is 14.3. The molecule has 0 aromatic heterocycles. The van der Waals surface area contributed by atoms with E-state index in [1.165, 1.54) is 0 Å². The lowest BCUT2D eigenvalue weighted by Gasteiger charge is -2.19. The topological polar surface area (TPSA) is 49.4 Å². The first-order valence-electron chi connectivity index (χ1n) is 8.37. The number of hydrogen-bond acceptors (Lipinski definition) is 2. The number of hydrogen-bond donors (Lipinski definition) is 1. The number of aryl methyl sites for hydroxylation is 1. The maximum atomic E-state index is 12.6. The fourth-order valence-corrected chi connectivity index (χ4v) is 3.39. The SMILES string of the molecule is Cc1ccc(N2CC(C(=O)NC(C)c3ccccc3Cl)CC2=O)cc1. The third kappa shape index (κ3) is 3.85. The molecule has 1 saturated heterocycles. The predicted molar refractivity (Wildman–Crippen MR) is 99.6 cm³/mol. The number of rotatable bonds is 4. The van der Waals surface area contributed by atoms with E-state index >= 15 is 0 Å². The molecule has 0 saturated carbocycles. The Morgan fingerprint density at radius 1 is 1.20 bits per heavy atom. The molecular weight excluding hydrogens is 336 g/mol. The summed E-state index contributed by atoms with van der Waals surface area (Å²) in [5.41, 5.74) is 2.85. The van der Waals surface area contributed by atoms with Gasteiger partial charge in [0.15, 0.2) is 0 Å². The maximum Gasteiger partial charge on any atom is 0.227 e. The molecule has 25 heavy (non-hydrogen) atoms. The third-order valence-electron chi connectivity index (χ3n) is 4.57. The molecule has 2 aromatic carbocycles. The second-order valence-corrected chi connectivity index (χ2v) is 6.90. The van der Waals surface area contributed by atoms with Crippen LogP contribution in [-0.2, 0) is 9.59 Å². The predicted octanol–water partition coefficient (Wildman–Crippen LogP) is 3.88. The summed E-state index contributed by atoms with van der Waals surface area (Å²) in [7, 11) is 0. The van der Waals surface area contributed by atoms with Crippen LogP contribution in [0.15, 0.2) is 48.5 Å². The standard InChI is InChI=1S/C20H21ClN2O2/c1-13-7-9-16(10-8-13)23-12-15(11-19(23)24)20(25)22-14(2)17-5-3-4-6-18(17)21/h3-10,14-15H,11-12H2,1-2H3,(H,22,25). The Morgan fingerprint density at radius 3 is 2.56 bits per heavy atom. The number of anilines is 1. The molecule has 1 heterocycles. The first kappa shape index (κ1) is 17.5. The average molecular weight is 357 g/mol. The average Bonchev–Trinajstić information content (AvgIpc) is 2.98. The monoisotopic (exact) mass is 356 g/mol. The van der Waals surface area contributed by atoms with Crippen LogP contribution in [0.2, 0.25) is 5.02 Å². The molecule has 1 aliphatic rings. The van der Waals surface area contributed by atoms with Crippen molar-refractivity contribution in [2.75, 3.05) is 11.4 Å². The smallest absolute Gasteiger partial charge is 0.227 e. The van der Waals surface area contributed by atoms with Crippen molar-refractivity contribution < 1.29 is 9.59 Å². The number of benzene rings is 2. The summed E-state index contributed by atoms with van der Waals surface area (Å²) in [6.07, 6.45) is 0.231. The van der Waals surface area contributed by atoms with Crippen LogP contribution in [0.4, 0.5) is 5.69 Å². The first-order chi connectivity index (χ1) is 12.0. The van der Waals surface area contributed by atoms with Crippen LogP contribution in [0.1, 0.15) is 30.5 Å². The van der Waals surface area contributed by atoms with E-state index in [1.807, 2.05) is 56.3 Å². The van der Waals surface area contributed by atoms with Crippen LogP contribution < -0.4 is 10.2 Å². The van der Waals surface area contributed by atoms with Crippen molar-refractivity contribution >= 4 is 29.1 Å². The number of amides is 2. The lowest BCUT2D eigenvalue weighted by atomic mass is 10.0. The van der Waals surface area contributed by atoms with E-state index in [1.54, 1.807) is 11.0 Å². The molecule has 1 N–H and O–H groups in total. The number of nitrogens with one attached hydrogen (secondary N) is 1. The van der Waals surface area contributed by atoms with Gasteiger partial charge in [-0.15, -0.1) is 0 Å². The third-order valence-corrected chi connectivity index (χ3v) is 4.92. The molecule has 3 rings (SSSR count). The van der Waals surface area contributed by atoms with Crippen LogP contribution >= 0.6 is 11.6 Å². The second-order valence-electron chi connectivity index (χ2n) is 6.49. The van der Waals surface area contributed by atoms with Gasteiger partial charge in [0.05, 0.1) is 12.0 Å². The minimum absolute atomic E-state index is 0.0191. The Morgan fingerprint density at radius 2 is 1.88 bits per heavy atom. The Balaban J connectivity index is 1.66. The molecule has 2 aromatic rings. The van der Waals surface area contributed by atoms with Crippen molar-refractivity contribution in [1.82, 2.24) is 5.32 Å². The molecule has 0 bridgehead atoms. The van der Waals surface area contributed by atoms with E-state index in [0.29, 0.717) is 11.6 Å². The largest absolute Gasteiger partial charge is 0.349 e. The quantitative estimate of drug-likeness (QED) is 0.903. The molecule has 5 heteroatoms. The summed E-state index contributed by atoms with van der Waals surface area (Å²) in [5, 5.41) is 3.60. The van der Waals surface area contributed by atoms with Crippen molar-refractivity contribution in [1.29, 1.82) is 0 Å². The zero-order valence-corrected chi connectivity index (χ0v) is 15.1. The molecule has 4 nitrogen and oxygen atoms in total. The molecule has 0 aliphatic carbocycles. The highest BCUT2D eigenvalue weighted by atomic mass is 35.5. The lowest BCUT2D eigenvalue weighted by Crippen LogP contribution is -2.34. The van der Waals surface area contributed by atoms with Crippen LogP contribution in [0.25, 0.3) is 0 Å².